The van der Waals surface area contributed by atoms with Gasteiger partial charge in [0.2, 0.25) is 11.7 Å². The molecule has 0 radical (unpaired) electrons. The first-order valence-electron chi connectivity index (χ1n) is 11.9. The molecule has 5 aromatic rings. The summed E-state index contributed by atoms with van der Waals surface area (Å²) < 4.78 is 83.6. The number of aryl methyl sites for hydroxylation is 1. The van der Waals surface area contributed by atoms with Crippen molar-refractivity contribution in [2.45, 2.75) is 23.6 Å². The Labute approximate surface area is 229 Å². The second-order valence-corrected chi connectivity index (χ2v) is 9.47. The van der Waals surface area contributed by atoms with Crippen LogP contribution in [0.15, 0.2) is 76.5 Å². The van der Waals surface area contributed by atoms with Gasteiger partial charge in [0, 0.05) is 0 Å². The third kappa shape index (κ3) is 4.77. The zero-order valence-electron chi connectivity index (χ0n) is 21.0. The van der Waals surface area contributed by atoms with Crippen molar-refractivity contribution in [3.8, 4) is 17.3 Å². The predicted molar refractivity (Wildman–Crippen MR) is 139 cm³/mol. The summed E-state index contributed by atoms with van der Waals surface area (Å²) in [6.45, 7) is 3.45. The van der Waals surface area contributed by atoms with Crippen LogP contribution in [-0.2, 0) is 0 Å². The quantitative estimate of drug-likeness (QED) is 0.0865. The van der Waals surface area contributed by atoms with Gasteiger partial charge in [-0.3, -0.25) is 0 Å². The number of hydrogen-bond donors (Lipinski definition) is 0. The number of carbonyl (C=O) groups excluding carboxylic acids is 1. The maximum atomic E-state index is 14.6. The van der Waals surface area contributed by atoms with E-state index in [-0.39, 0.29) is 46.2 Å². The van der Waals surface area contributed by atoms with Gasteiger partial charge in [0.05, 0.1) is 27.8 Å². The first-order valence-corrected chi connectivity index (χ1v) is 12.8. The Hall–Kier alpha value is -4.38. The van der Waals surface area contributed by atoms with Crippen molar-refractivity contribution in [1.82, 2.24) is 9.78 Å². The Balaban J connectivity index is 1.68. The van der Waals surface area contributed by atoms with Crippen LogP contribution in [0.25, 0.3) is 16.5 Å². The number of aromatic nitrogens is 2. The maximum Gasteiger partial charge on any atom is 0.349 e. The molecule has 0 fully saturated rings. The van der Waals surface area contributed by atoms with Gasteiger partial charge in [0.15, 0.2) is 23.3 Å². The van der Waals surface area contributed by atoms with E-state index >= 15 is 0 Å². The summed E-state index contributed by atoms with van der Waals surface area (Å²) in [5, 5.41) is 5.59. The highest BCUT2D eigenvalue weighted by Crippen LogP contribution is 2.43. The van der Waals surface area contributed by atoms with E-state index in [0.717, 1.165) is 5.39 Å². The summed E-state index contributed by atoms with van der Waals surface area (Å²) in [5.74, 6) is -11.4. The van der Waals surface area contributed by atoms with Crippen molar-refractivity contribution in [3.05, 3.63) is 107 Å². The average Bonchev–Trinajstić information content (AvgIpc) is 3.27. The molecule has 0 atom stereocenters. The van der Waals surface area contributed by atoms with Crippen molar-refractivity contribution < 1.29 is 36.2 Å². The lowest BCUT2D eigenvalue weighted by Gasteiger charge is -2.15. The number of benzene rings is 4. The number of ether oxygens (including phenoxy) is 2. The summed E-state index contributed by atoms with van der Waals surface area (Å²) in [5.41, 5.74) is 0.620. The van der Waals surface area contributed by atoms with E-state index in [1.165, 1.54) is 11.6 Å². The van der Waals surface area contributed by atoms with Crippen LogP contribution in [0.1, 0.15) is 23.0 Å². The lowest BCUT2D eigenvalue weighted by molar-refractivity contribution is 0.0716. The Bertz CT molecular complexity index is 1730. The van der Waals surface area contributed by atoms with E-state index in [2.05, 4.69) is 5.10 Å². The second-order valence-electron chi connectivity index (χ2n) is 8.45. The number of para-hydroxylation sites is 1. The molecule has 0 saturated carbocycles. The van der Waals surface area contributed by atoms with E-state index in [1.54, 1.807) is 73.7 Å². The molecule has 0 aliphatic rings. The maximum absolute atomic E-state index is 14.6. The van der Waals surface area contributed by atoms with Crippen LogP contribution in [-0.4, -0.2) is 22.4 Å². The number of fused-ring (bicyclic) bond motifs is 1. The van der Waals surface area contributed by atoms with E-state index in [0.29, 0.717) is 11.1 Å². The molecule has 0 N–H and O–H groups in total. The molecule has 0 spiro atoms. The zero-order valence-corrected chi connectivity index (χ0v) is 21.8. The molecule has 40 heavy (non-hydrogen) atoms. The number of hydrogen-bond acceptors (Lipinski definition) is 5. The molecule has 0 saturated heterocycles. The summed E-state index contributed by atoms with van der Waals surface area (Å²) in [6.07, 6.45) is 0. The fourth-order valence-corrected chi connectivity index (χ4v) is 5.06. The van der Waals surface area contributed by atoms with E-state index < -0.39 is 40.0 Å². The van der Waals surface area contributed by atoms with Gasteiger partial charge in [-0.2, -0.15) is 9.78 Å². The molecular formula is C29H19F5N2O3S. The van der Waals surface area contributed by atoms with Crippen LogP contribution in [0.4, 0.5) is 22.0 Å². The van der Waals surface area contributed by atoms with Crippen LogP contribution in [0.2, 0.25) is 0 Å². The van der Waals surface area contributed by atoms with Crippen molar-refractivity contribution >= 4 is 28.5 Å². The first-order chi connectivity index (χ1) is 19.2. The van der Waals surface area contributed by atoms with Gasteiger partial charge in [-0.05, 0) is 42.8 Å². The number of nitrogens with zero attached hydrogens (tertiary/aromatic N) is 2. The standard InChI is InChI=1S/C29H19F5N2O3S/c1-3-38-19-14-13-16-9-7-8-12-18(16)20(19)29(37)39-28-26(15(2)35-36(28)17-10-5-4-6-11-17)40-27-24(33)22(31)21(30)23(32)25(27)34/h4-14H,3H2,1-2H3. The molecule has 0 aliphatic heterocycles. The van der Waals surface area contributed by atoms with Gasteiger partial charge < -0.3 is 9.47 Å². The molecular weight excluding hydrogens is 551 g/mol. The van der Waals surface area contributed by atoms with Crippen LogP contribution in [0, 0.1) is 36.0 Å². The van der Waals surface area contributed by atoms with Gasteiger partial charge in [-0.25, -0.2) is 26.7 Å². The SMILES string of the molecule is CCOc1ccc2ccccc2c1C(=O)Oc1c(Sc2c(F)c(F)c(F)c(F)c2F)c(C)nn1-c1ccccc1. The molecule has 0 amide bonds. The monoisotopic (exact) mass is 570 g/mol. The highest BCUT2D eigenvalue weighted by atomic mass is 32.2. The Morgan fingerprint density at radius 1 is 0.825 bits per heavy atom. The van der Waals surface area contributed by atoms with E-state index in [9.17, 15) is 26.7 Å². The lowest BCUT2D eigenvalue weighted by atomic mass is 10.0. The van der Waals surface area contributed by atoms with Crippen molar-refractivity contribution in [3.63, 3.8) is 0 Å². The minimum absolute atomic E-state index is 0.0885. The van der Waals surface area contributed by atoms with Gasteiger partial charge in [0.25, 0.3) is 0 Å². The molecule has 204 valence electrons. The lowest BCUT2D eigenvalue weighted by Crippen LogP contribution is -2.14. The molecule has 1 heterocycles. The largest absolute Gasteiger partial charge is 0.493 e. The van der Waals surface area contributed by atoms with Crippen LogP contribution >= 0.6 is 11.8 Å². The molecule has 0 bridgehead atoms. The van der Waals surface area contributed by atoms with Crippen molar-refractivity contribution in [2.24, 2.45) is 0 Å². The number of esters is 1. The fourth-order valence-electron chi connectivity index (χ4n) is 4.10. The van der Waals surface area contributed by atoms with Crippen LogP contribution < -0.4 is 9.47 Å². The van der Waals surface area contributed by atoms with Crippen LogP contribution in [0.5, 0.6) is 11.6 Å². The second kappa shape index (κ2) is 11.0. The third-order valence-corrected chi connectivity index (χ3v) is 7.16. The zero-order chi connectivity index (χ0) is 28.6. The molecule has 5 nitrogen and oxygen atoms in total. The number of halogens is 5. The van der Waals surface area contributed by atoms with Crippen LogP contribution in [0.3, 0.4) is 0 Å². The van der Waals surface area contributed by atoms with Gasteiger partial charge in [0.1, 0.15) is 11.3 Å². The highest BCUT2D eigenvalue weighted by molar-refractivity contribution is 7.99. The summed E-state index contributed by atoms with van der Waals surface area (Å²) in [6, 6.07) is 18.8. The molecule has 1 aromatic heterocycles. The molecule has 5 rings (SSSR count). The van der Waals surface area contributed by atoms with Gasteiger partial charge in [-0.1, -0.05) is 60.3 Å². The molecule has 11 heteroatoms. The Kier molecular flexibility index (Phi) is 7.49. The van der Waals surface area contributed by atoms with E-state index in [4.69, 9.17) is 9.47 Å². The molecule has 0 aliphatic carbocycles. The normalized spacial score (nSPS) is 11.2. The first kappa shape index (κ1) is 27.2. The topological polar surface area (TPSA) is 53.4 Å². The minimum Gasteiger partial charge on any atom is -0.493 e. The predicted octanol–water partition coefficient (Wildman–Crippen LogP) is 7.80. The highest BCUT2D eigenvalue weighted by Gasteiger charge is 2.31. The summed E-state index contributed by atoms with van der Waals surface area (Å²) >= 11 is 0.213. The van der Waals surface area contributed by atoms with Crippen molar-refractivity contribution in [2.75, 3.05) is 6.61 Å². The smallest absolute Gasteiger partial charge is 0.349 e. The minimum atomic E-state index is -2.28. The fraction of sp³-hybridized carbons (Fsp3) is 0.103. The molecule has 0 unspecified atom stereocenters. The van der Waals surface area contributed by atoms with Crippen molar-refractivity contribution in [1.29, 1.82) is 0 Å². The number of carbonyl (C=O) groups is 1. The third-order valence-electron chi connectivity index (χ3n) is 5.92. The van der Waals surface area contributed by atoms with Gasteiger partial charge >= 0.3 is 5.97 Å². The Morgan fingerprint density at radius 2 is 1.45 bits per heavy atom. The summed E-state index contributed by atoms with van der Waals surface area (Å²) in [4.78, 5) is 12.4. The summed E-state index contributed by atoms with van der Waals surface area (Å²) in [7, 11) is 0. The van der Waals surface area contributed by atoms with E-state index in [1.807, 2.05) is 0 Å². The Morgan fingerprint density at radius 3 is 2.12 bits per heavy atom. The van der Waals surface area contributed by atoms with Gasteiger partial charge in [-0.15, -0.1) is 0 Å². The molecule has 4 aromatic carbocycles. The number of rotatable bonds is 7. The average molecular weight is 571 g/mol.